The number of benzene rings is 2. The van der Waals surface area contributed by atoms with Crippen LogP contribution in [-0.4, -0.2) is 6.04 Å². The van der Waals surface area contributed by atoms with Crippen LogP contribution in [0.15, 0.2) is 48.5 Å². The van der Waals surface area contributed by atoms with Gasteiger partial charge in [-0.15, -0.1) is 0 Å². The Labute approximate surface area is 126 Å². The van der Waals surface area contributed by atoms with Crippen LogP contribution in [0.1, 0.15) is 35.4 Å². The molecule has 0 amide bonds. The van der Waals surface area contributed by atoms with Crippen molar-refractivity contribution in [3.8, 4) is 0 Å². The minimum absolute atomic E-state index is 0.649. The summed E-state index contributed by atoms with van der Waals surface area (Å²) < 4.78 is 0. The van der Waals surface area contributed by atoms with Crippen molar-refractivity contribution in [3.63, 3.8) is 0 Å². The summed E-state index contributed by atoms with van der Waals surface area (Å²) in [4.78, 5) is 0. The largest absolute Gasteiger partial charge is 0.310 e. The number of hydrogen-bond donors (Lipinski definition) is 1. The average molecular weight is 286 g/mol. The summed E-state index contributed by atoms with van der Waals surface area (Å²) in [5.41, 5.74) is 4.16. The molecule has 0 aromatic heterocycles. The summed E-state index contributed by atoms with van der Waals surface area (Å²) in [5.74, 6) is 0.734. The van der Waals surface area contributed by atoms with E-state index in [0.717, 1.165) is 17.5 Å². The van der Waals surface area contributed by atoms with E-state index >= 15 is 0 Å². The number of nitrogens with one attached hydrogen (secondary N) is 1. The molecule has 104 valence electrons. The summed E-state index contributed by atoms with van der Waals surface area (Å²) >= 11 is 5.89. The lowest BCUT2D eigenvalue weighted by Gasteiger charge is -2.36. The van der Waals surface area contributed by atoms with Gasteiger partial charge in [-0.25, -0.2) is 0 Å². The fourth-order valence-electron chi connectivity index (χ4n) is 2.85. The van der Waals surface area contributed by atoms with Gasteiger partial charge in [-0.2, -0.15) is 0 Å². The molecular weight excluding hydrogens is 266 g/mol. The summed E-state index contributed by atoms with van der Waals surface area (Å²) in [6.45, 7) is 3.10. The Bertz CT molecular complexity index is 570. The quantitative estimate of drug-likeness (QED) is 0.860. The molecule has 0 radical (unpaired) electrons. The Morgan fingerprint density at radius 3 is 2.55 bits per heavy atom. The minimum Gasteiger partial charge on any atom is -0.310 e. The van der Waals surface area contributed by atoms with Gasteiger partial charge in [0, 0.05) is 17.6 Å². The highest BCUT2D eigenvalue weighted by Gasteiger charge is 2.29. The predicted molar refractivity (Wildman–Crippen MR) is 85.2 cm³/mol. The van der Waals surface area contributed by atoms with Gasteiger partial charge in [-0.3, -0.25) is 0 Å². The van der Waals surface area contributed by atoms with E-state index in [1.54, 1.807) is 0 Å². The first-order valence-electron chi connectivity index (χ1n) is 7.25. The number of aryl methyl sites for hydroxylation is 1. The first-order valence-corrected chi connectivity index (χ1v) is 7.63. The molecular formula is C18H20ClN. The van der Waals surface area contributed by atoms with Crippen LogP contribution in [0.3, 0.4) is 0 Å². The third kappa shape index (κ3) is 3.23. The van der Waals surface area contributed by atoms with Gasteiger partial charge in [-0.05, 0) is 48.9 Å². The maximum absolute atomic E-state index is 5.89. The van der Waals surface area contributed by atoms with Crippen molar-refractivity contribution in [3.05, 3.63) is 70.2 Å². The van der Waals surface area contributed by atoms with Crippen molar-refractivity contribution in [2.45, 2.75) is 38.3 Å². The first kappa shape index (κ1) is 13.7. The molecule has 0 bridgehead atoms. The van der Waals surface area contributed by atoms with Gasteiger partial charge in [0.25, 0.3) is 0 Å². The van der Waals surface area contributed by atoms with Crippen LogP contribution in [0.25, 0.3) is 0 Å². The van der Waals surface area contributed by atoms with Crippen LogP contribution < -0.4 is 5.32 Å². The molecule has 1 N–H and O–H groups in total. The monoisotopic (exact) mass is 285 g/mol. The van der Waals surface area contributed by atoms with E-state index in [0.29, 0.717) is 6.04 Å². The number of halogens is 1. The van der Waals surface area contributed by atoms with Crippen LogP contribution in [0, 0.1) is 6.92 Å². The standard InChI is InChI=1S/C18H20ClN/c1-13-3-2-4-15(9-13)16-10-18(11-16)20-12-14-5-7-17(19)8-6-14/h2-9,16,18,20H,10-12H2,1H3. The average Bonchev–Trinajstić information content (AvgIpc) is 2.39. The third-order valence-electron chi connectivity index (χ3n) is 4.16. The normalized spacial score (nSPS) is 21.5. The number of hydrogen-bond acceptors (Lipinski definition) is 1. The van der Waals surface area contributed by atoms with Gasteiger partial charge in [-0.1, -0.05) is 53.6 Å². The Hall–Kier alpha value is -1.31. The van der Waals surface area contributed by atoms with Crippen molar-refractivity contribution in [2.24, 2.45) is 0 Å². The lowest BCUT2D eigenvalue weighted by atomic mass is 9.75. The van der Waals surface area contributed by atoms with Gasteiger partial charge in [0.2, 0.25) is 0 Å². The minimum atomic E-state index is 0.649. The van der Waals surface area contributed by atoms with Gasteiger partial charge in [0.05, 0.1) is 0 Å². The summed E-state index contributed by atoms with van der Waals surface area (Å²) in [6, 6.07) is 17.6. The second-order valence-electron chi connectivity index (χ2n) is 5.79. The SMILES string of the molecule is Cc1cccc(C2CC(NCc3ccc(Cl)cc3)C2)c1. The topological polar surface area (TPSA) is 12.0 Å². The molecule has 20 heavy (non-hydrogen) atoms. The van der Waals surface area contributed by atoms with E-state index in [2.05, 4.69) is 48.6 Å². The molecule has 0 spiro atoms. The van der Waals surface area contributed by atoms with E-state index in [1.165, 1.54) is 29.5 Å². The zero-order chi connectivity index (χ0) is 13.9. The zero-order valence-electron chi connectivity index (χ0n) is 11.8. The van der Waals surface area contributed by atoms with Gasteiger partial charge >= 0.3 is 0 Å². The molecule has 0 unspecified atom stereocenters. The highest BCUT2D eigenvalue weighted by molar-refractivity contribution is 6.30. The maximum Gasteiger partial charge on any atom is 0.0406 e. The van der Waals surface area contributed by atoms with Crippen LogP contribution in [0.2, 0.25) is 5.02 Å². The van der Waals surface area contributed by atoms with E-state index in [-0.39, 0.29) is 0 Å². The molecule has 1 aliphatic carbocycles. The molecule has 2 aromatic rings. The molecule has 1 fully saturated rings. The predicted octanol–water partition coefficient (Wildman–Crippen LogP) is 4.68. The van der Waals surface area contributed by atoms with E-state index < -0.39 is 0 Å². The molecule has 2 heteroatoms. The highest BCUT2D eigenvalue weighted by atomic mass is 35.5. The first-order chi connectivity index (χ1) is 9.70. The Balaban J connectivity index is 1.48. The Morgan fingerprint density at radius 2 is 1.85 bits per heavy atom. The van der Waals surface area contributed by atoms with Crippen molar-refractivity contribution >= 4 is 11.6 Å². The van der Waals surface area contributed by atoms with E-state index in [4.69, 9.17) is 11.6 Å². The lowest BCUT2D eigenvalue weighted by Crippen LogP contribution is -2.39. The molecule has 1 saturated carbocycles. The summed E-state index contributed by atoms with van der Waals surface area (Å²) in [7, 11) is 0. The molecule has 0 atom stereocenters. The van der Waals surface area contributed by atoms with E-state index in [9.17, 15) is 0 Å². The third-order valence-corrected chi connectivity index (χ3v) is 4.41. The van der Waals surface area contributed by atoms with Crippen molar-refractivity contribution in [1.82, 2.24) is 5.32 Å². The summed E-state index contributed by atoms with van der Waals surface area (Å²) in [5, 5.41) is 4.43. The molecule has 3 rings (SSSR count). The molecule has 1 aliphatic rings. The second-order valence-corrected chi connectivity index (χ2v) is 6.22. The molecule has 0 heterocycles. The highest BCUT2D eigenvalue weighted by Crippen LogP contribution is 2.37. The molecule has 0 saturated heterocycles. The van der Waals surface area contributed by atoms with E-state index in [1.807, 2.05) is 12.1 Å². The van der Waals surface area contributed by atoms with Gasteiger partial charge < -0.3 is 5.32 Å². The second kappa shape index (κ2) is 5.99. The van der Waals surface area contributed by atoms with Crippen LogP contribution in [0.5, 0.6) is 0 Å². The molecule has 2 aromatic carbocycles. The van der Waals surface area contributed by atoms with Gasteiger partial charge in [0.15, 0.2) is 0 Å². The van der Waals surface area contributed by atoms with Crippen LogP contribution in [-0.2, 0) is 6.54 Å². The van der Waals surface area contributed by atoms with Gasteiger partial charge in [0.1, 0.15) is 0 Å². The fraction of sp³-hybridized carbons (Fsp3) is 0.333. The molecule has 1 nitrogen and oxygen atoms in total. The van der Waals surface area contributed by atoms with Crippen molar-refractivity contribution in [2.75, 3.05) is 0 Å². The van der Waals surface area contributed by atoms with Crippen molar-refractivity contribution < 1.29 is 0 Å². The fourth-order valence-corrected chi connectivity index (χ4v) is 2.97. The Kier molecular flexibility index (Phi) is 4.09. The maximum atomic E-state index is 5.89. The smallest absolute Gasteiger partial charge is 0.0406 e. The zero-order valence-corrected chi connectivity index (χ0v) is 12.5. The lowest BCUT2D eigenvalue weighted by molar-refractivity contribution is 0.289. The number of rotatable bonds is 4. The van der Waals surface area contributed by atoms with Crippen LogP contribution >= 0.6 is 11.6 Å². The summed E-state index contributed by atoms with van der Waals surface area (Å²) in [6.07, 6.45) is 2.49. The molecule has 0 aliphatic heterocycles. The van der Waals surface area contributed by atoms with Crippen molar-refractivity contribution in [1.29, 1.82) is 0 Å². The van der Waals surface area contributed by atoms with Crippen LogP contribution in [0.4, 0.5) is 0 Å². The Morgan fingerprint density at radius 1 is 1.10 bits per heavy atom.